The van der Waals surface area contributed by atoms with Crippen LogP contribution in [-0.4, -0.2) is 83.3 Å². The van der Waals surface area contributed by atoms with Gasteiger partial charge >= 0.3 is 0 Å². The summed E-state index contributed by atoms with van der Waals surface area (Å²) in [5.41, 5.74) is 1.69. The van der Waals surface area contributed by atoms with E-state index in [2.05, 4.69) is 16.0 Å². The Labute approximate surface area is 236 Å². The van der Waals surface area contributed by atoms with Crippen molar-refractivity contribution < 1.29 is 24.3 Å². The lowest BCUT2D eigenvalue weighted by molar-refractivity contribution is -0.142. The average Bonchev–Trinajstić information content (AvgIpc) is 2.90. The molecule has 1 heterocycles. The molecule has 2 aromatic rings. The summed E-state index contributed by atoms with van der Waals surface area (Å²) in [7, 11) is 1.53. The maximum Gasteiger partial charge on any atom is 0.245 e. The molecule has 3 rings (SSSR count). The molecular formula is C30H41N5O5. The highest BCUT2D eigenvalue weighted by Gasteiger charge is 2.32. The Hall–Kier alpha value is -3.92. The van der Waals surface area contributed by atoms with Gasteiger partial charge in [0, 0.05) is 33.1 Å². The van der Waals surface area contributed by atoms with Crippen molar-refractivity contribution in [2.45, 2.75) is 58.3 Å². The minimum atomic E-state index is -0.863. The fourth-order valence-electron chi connectivity index (χ4n) is 4.69. The summed E-state index contributed by atoms with van der Waals surface area (Å²) < 4.78 is 0. The van der Waals surface area contributed by atoms with Crippen LogP contribution in [0.25, 0.3) is 0 Å². The molecule has 10 heteroatoms. The highest BCUT2D eigenvalue weighted by molar-refractivity contribution is 5.94. The second-order valence-electron chi connectivity index (χ2n) is 10.8. The van der Waals surface area contributed by atoms with Gasteiger partial charge in [0.25, 0.3) is 0 Å². The molecule has 1 fully saturated rings. The topological polar surface area (TPSA) is 131 Å². The molecule has 4 N–H and O–H groups in total. The van der Waals surface area contributed by atoms with Gasteiger partial charge in [0.05, 0.1) is 6.54 Å². The predicted molar refractivity (Wildman–Crippen MR) is 152 cm³/mol. The summed E-state index contributed by atoms with van der Waals surface area (Å²) in [6, 6.07) is 13.6. The number of rotatable bonds is 6. The van der Waals surface area contributed by atoms with Crippen LogP contribution in [0.5, 0.6) is 5.75 Å². The molecule has 0 aliphatic carbocycles. The lowest BCUT2D eigenvalue weighted by atomic mass is 10.0. The summed E-state index contributed by atoms with van der Waals surface area (Å²) in [4.78, 5) is 56.3. The smallest absolute Gasteiger partial charge is 0.245 e. The average molecular weight is 552 g/mol. The maximum atomic E-state index is 13.5. The van der Waals surface area contributed by atoms with Crippen molar-refractivity contribution >= 4 is 23.6 Å². The van der Waals surface area contributed by atoms with Gasteiger partial charge in [-0.15, -0.1) is 0 Å². The Balaban J connectivity index is 1.89. The van der Waals surface area contributed by atoms with Gasteiger partial charge < -0.3 is 26.0 Å². The fourth-order valence-corrected chi connectivity index (χ4v) is 4.69. The first-order valence-corrected chi connectivity index (χ1v) is 13.7. The first kappa shape index (κ1) is 30.6. The number of aromatic hydroxyl groups is 1. The normalized spacial score (nSPS) is 22.2. The summed E-state index contributed by atoms with van der Waals surface area (Å²) in [6.07, 6.45) is 0.693. The maximum absolute atomic E-state index is 13.5. The van der Waals surface area contributed by atoms with Gasteiger partial charge in [-0.25, -0.2) is 0 Å². The van der Waals surface area contributed by atoms with Crippen LogP contribution in [0.2, 0.25) is 0 Å². The van der Waals surface area contributed by atoms with Crippen molar-refractivity contribution in [1.29, 1.82) is 0 Å². The van der Waals surface area contributed by atoms with Crippen LogP contribution >= 0.6 is 0 Å². The Kier molecular flexibility index (Phi) is 11.1. The Bertz CT molecular complexity index is 1170. The number of hydrogen-bond acceptors (Lipinski definition) is 6. The highest BCUT2D eigenvalue weighted by Crippen LogP contribution is 2.14. The molecule has 0 bridgehead atoms. The van der Waals surface area contributed by atoms with E-state index < -0.39 is 24.0 Å². The monoisotopic (exact) mass is 551 g/mol. The Morgan fingerprint density at radius 1 is 0.925 bits per heavy atom. The van der Waals surface area contributed by atoms with Gasteiger partial charge in [-0.05, 0) is 42.5 Å². The number of phenolic OH excluding ortho intramolecular Hbond substituents is 1. The number of nitrogens with zero attached hydrogens (tertiary/aromatic N) is 2. The Morgan fingerprint density at radius 2 is 1.62 bits per heavy atom. The zero-order valence-corrected chi connectivity index (χ0v) is 23.7. The van der Waals surface area contributed by atoms with E-state index in [4.69, 9.17) is 0 Å². The zero-order valence-electron chi connectivity index (χ0n) is 23.7. The van der Waals surface area contributed by atoms with Crippen molar-refractivity contribution in [3.05, 3.63) is 65.7 Å². The summed E-state index contributed by atoms with van der Waals surface area (Å²) in [6.45, 7) is 6.43. The number of amides is 4. The zero-order chi connectivity index (χ0) is 29.2. The van der Waals surface area contributed by atoms with Crippen LogP contribution in [0.15, 0.2) is 54.6 Å². The molecule has 0 radical (unpaired) electrons. The van der Waals surface area contributed by atoms with E-state index in [9.17, 15) is 24.3 Å². The van der Waals surface area contributed by atoms with Gasteiger partial charge in [-0.3, -0.25) is 24.1 Å². The van der Waals surface area contributed by atoms with E-state index >= 15 is 0 Å². The van der Waals surface area contributed by atoms with Crippen molar-refractivity contribution in [3.63, 3.8) is 0 Å². The minimum absolute atomic E-state index is 0.0166. The third-order valence-electron chi connectivity index (χ3n) is 6.98. The highest BCUT2D eigenvalue weighted by atomic mass is 16.3. The molecule has 1 aliphatic rings. The quantitative estimate of drug-likeness (QED) is 0.430. The van der Waals surface area contributed by atoms with Crippen LogP contribution in [0, 0.1) is 5.92 Å². The number of carbonyl (C=O) groups is 4. The number of hydrogen-bond donors (Lipinski definition) is 4. The molecule has 0 unspecified atom stereocenters. The first-order valence-electron chi connectivity index (χ1n) is 13.7. The van der Waals surface area contributed by atoms with Gasteiger partial charge in [0.1, 0.15) is 23.9 Å². The predicted octanol–water partition coefficient (Wildman–Crippen LogP) is 1.43. The van der Waals surface area contributed by atoms with Crippen LogP contribution in [0.4, 0.5) is 0 Å². The summed E-state index contributed by atoms with van der Waals surface area (Å²) >= 11 is 0. The largest absolute Gasteiger partial charge is 0.508 e. The number of carbonyl (C=O) groups excluding carboxylic acids is 4. The molecule has 4 amide bonds. The van der Waals surface area contributed by atoms with Crippen molar-refractivity contribution in [2.24, 2.45) is 5.92 Å². The minimum Gasteiger partial charge on any atom is -0.508 e. The third-order valence-corrected chi connectivity index (χ3v) is 6.98. The third kappa shape index (κ3) is 9.08. The molecule has 1 aliphatic heterocycles. The van der Waals surface area contributed by atoms with Gasteiger partial charge in [-0.1, -0.05) is 56.3 Å². The summed E-state index contributed by atoms with van der Waals surface area (Å²) in [5.74, 6) is -1.28. The van der Waals surface area contributed by atoms with Crippen LogP contribution < -0.4 is 16.0 Å². The van der Waals surface area contributed by atoms with E-state index in [0.29, 0.717) is 19.5 Å². The van der Waals surface area contributed by atoms with Crippen LogP contribution in [-0.2, 0) is 32.1 Å². The molecule has 0 aromatic heterocycles. The number of phenols is 1. The van der Waals surface area contributed by atoms with E-state index in [1.807, 2.05) is 55.1 Å². The molecule has 0 saturated carbocycles. The standard InChI is InChI=1S/C30H41N5O5/c1-20(2)15-26-30(40)34(4)21(3)28(38)33-25(17-22-9-6-5-7-10-22)29(39)31-13-14-35(19-27(37)32-26)18-23-11-8-12-24(36)16-23/h5-12,16,20-21,25-26,36H,13-15,17-19H2,1-4H3,(H,31,39)(H,32,37)(H,33,38)/t21-,25-,26-/m0/s1. The van der Waals surface area contributed by atoms with Gasteiger partial charge in [0.15, 0.2) is 0 Å². The van der Waals surface area contributed by atoms with Crippen LogP contribution in [0.1, 0.15) is 38.3 Å². The van der Waals surface area contributed by atoms with E-state index in [1.165, 1.54) is 11.9 Å². The molecule has 1 saturated heterocycles. The van der Waals surface area contributed by atoms with Crippen molar-refractivity contribution in [1.82, 2.24) is 25.8 Å². The lowest BCUT2D eigenvalue weighted by Crippen LogP contribution is -2.56. The first-order chi connectivity index (χ1) is 19.0. The molecule has 2 aromatic carbocycles. The van der Waals surface area contributed by atoms with Crippen molar-refractivity contribution in [2.75, 3.05) is 26.7 Å². The number of benzene rings is 2. The lowest BCUT2D eigenvalue weighted by Gasteiger charge is -2.30. The Morgan fingerprint density at radius 3 is 2.30 bits per heavy atom. The fraction of sp³-hybridized carbons (Fsp3) is 0.467. The molecule has 0 spiro atoms. The molecule has 3 atom stereocenters. The van der Waals surface area contributed by atoms with E-state index in [0.717, 1.165) is 11.1 Å². The van der Waals surface area contributed by atoms with Gasteiger partial charge in [0.2, 0.25) is 23.6 Å². The summed E-state index contributed by atoms with van der Waals surface area (Å²) in [5, 5.41) is 18.5. The second kappa shape index (κ2) is 14.5. The molecule has 216 valence electrons. The molecular weight excluding hydrogens is 510 g/mol. The van der Waals surface area contributed by atoms with E-state index in [-0.39, 0.29) is 48.9 Å². The molecule has 10 nitrogen and oxygen atoms in total. The second-order valence-corrected chi connectivity index (χ2v) is 10.8. The van der Waals surface area contributed by atoms with Gasteiger partial charge in [-0.2, -0.15) is 0 Å². The number of nitrogens with one attached hydrogen (secondary N) is 3. The van der Waals surface area contributed by atoms with Crippen molar-refractivity contribution in [3.8, 4) is 5.75 Å². The SMILES string of the molecule is CC(C)C[C@@H]1NC(=O)CN(Cc2cccc(O)c2)CCNC(=O)[C@H](Cc2ccccc2)NC(=O)[C@H](C)N(C)C1=O. The molecule has 40 heavy (non-hydrogen) atoms. The number of likely N-dealkylation sites (N-methyl/N-ethyl adjacent to an activating group) is 1. The van der Waals surface area contributed by atoms with E-state index in [1.54, 1.807) is 25.1 Å². The van der Waals surface area contributed by atoms with Crippen LogP contribution in [0.3, 0.4) is 0 Å².